The molecule has 0 spiro atoms. The number of aryl methyl sites for hydroxylation is 2. The summed E-state index contributed by atoms with van der Waals surface area (Å²) in [6.07, 6.45) is 1.71. The topological polar surface area (TPSA) is 82.0 Å². The van der Waals surface area contributed by atoms with Crippen molar-refractivity contribution in [2.75, 3.05) is 14.2 Å². The third kappa shape index (κ3) is 2.62. The van der Waals surface area contributed by atoms with Crippen LogP contribution in [-0.2, 0) is 13.5 Å². The first-order chi connectivity index (χ1) is 11.6. The maximum absolute atomic E-state index is 12.5. The van der Waals surface area contributed by atoms with E-state index in [4.69, 9.17) is 9.47 Å². The van der Waals surface area contributed by atoms with E-state index >= 15 is 0 Å². The molecule has 0 saturated carbocycles. The van der Waals surface area contributed by atoms with Crippen molar-refractivity contribution in [2.45, 2.75) is 19.8 Å². The molecule has 0 aliphatic carbocycles. The summed E-state index contributed by atoms with van der Waals surface area (Å²) in [5, 5.41) is 4.43. The van der Waals surface area contributed by atoms with E-state index in [9.17, 15) is 4.79 Å². The summed E-state index contributed by atoms with van der Waals surface area (Å²) in [7, 11) is 4.91. The Labute approximate surface area is 139 Å². The van der Waals surface area contributed by atoms with Gasteiger partial charge in [-0.2, -0.15) is 5.10 Å². The molecule has 0 saturated heterocycles. The molecule has 0 unspecified atom stereocenters. The van der Waals surface area contributed by atoms with E-state index in [-0.39, 0.29) is 5.56 Å². The van der Waals surface area contributed by atoms with Gasteiger partial charge in [-0.25, -0.2) is 4.98 Å². The van der Waals surface area contributed by atoms with Gasteiger partial charge in [0.1, 0.15) is 11.3 Å². The smallest absolute Gasteiger partial charge is 0.277 e. The second-order valence-corrected chi connectivity index (χ2v) is 5.50. The van der Waals surface area contributed by atoms with Crippen LogP contribution in [0.4, 0.5) is 0 Å². The van der Waals surface area contributed by atoms with Crippen molar-refractivity contribution < 1.29 is 9.47 Å². The molecule has 1 N–H and O–H groups in total. The van der Waals surface area contributed by atoms with Gasteiger partial charge in [0.05, 0.1) is 19.9 Å². The Morgan fingerprint density at radius 2 is 1.96 bits per heavy atom. The number of rotatable bonds is 5. The van der Waals surface area contributed by atoms with Crippen molar-refractivity contribution in [1.29, 1.82) is 0 Å². The van der Waals surface area contributed by atoms with Crippen molar-refractivity contribution >= 4 is 11.0 Å². The summed E-state index contributed by atoms with van der Waals surface area (Å²) >= 11 is 0. The lowest BCUT2D eigenvalue weighted by atomic mass is 10.1. The predicted molar refractivity (Wildman–Crippen MR) is 91.7 cm³/mol. The SMILES string of the molecule is CCCc1nn(C)c2c(=O)[nH]c(-c3ccc(OC)c(OC)c3)nc12. The van der Waals surface area contributed by atoms with E-state index in [1.165, 1.54) is 0 Å². The fraction of sp³-hybridized carbons (Fsp3) is 0.353. The zero-order valence-electron chi connectivity index (χ0n) is 14.2. The van der Waals surface area contributed by atoms with Gasteiger partial charge in [0.2, 0.25) is 0 Å². The normalized spacial score (nSPS) is 11.0. The Kier molecular flexibility index (Phi) is 4.24. The number of aromatic nitrogens is 4. The number of ether oxygens (including phenoxy) is 2. The average molecular weight is 328 g/mol. The Hall–Kier alpha value is -2.83. The van der Waals surface area contributed by atoms with Crippen LogP contribution in [0.25, 0.3) is 22.4 Å². The van der Waals surface area contributed by atoms with E-state index in [1.807, 2.05) is 6.07 Å². The van der Waals surface area contributed by atoms with Gasteiger partial charge in [0, 0.05) is 12.6 Å². The molecule has 126 valence electrons. The van der Waals surface area contributed by atoms with Crippen molar-refractivity contribution in [1.82, 2.24) is 19.7 Å². The summed E-state index contributed by atoms with van der Waals surface area (Å²) in [5.74, 6) is 1.69. The molecule has 0 amide bonds. The maximum Gasteiger partial charge on any atom is 0.277 e. The van der Waals surface area contributed by atoms with Gasteiger partial charge in [0.25, 0.3) is 5.56 Å². The molecule has 0 atom stereocenters. The molecule has 1 aromatic carbocycles. The number of benzene rings is 1. The number of hydrogen-bond donors (Lipinski definition) is 1. The number of aromatic amines is 1. The van der Waals surface area contributed by atoms with Gasteiger partial charge in [-0.05, 0) is 24.6 Å². The molecule has 2 aromatic heterocycles. The monoisotopic (exact) mass is 328 g/mol. The molecule has 7 heteroatoms. The fourth-order valence-corrected chi connectivity index (χ4v) is 2.77. The van der Waals surface area contributed by atoms with Crippen LogP contribution in [0.5, 0.6) is 11.5 Å². The molecular formula is C17H20N4O3. The van der Waals surface area contributed by atoms with Crippen LogP contribution < -0.4 is 15.0 Å². The zero-order valence-corrected chi connectivity index (χ0v) is 14.2. The molecular weight excluding hydrogens is 308 g/mol. The maximum atomic E-state index is 12.5. The quantitative estimate of drug-likeness (QED) is 0.777. The van der Waals surface area contributed by atoms with Crippen molar-refractivity contribution in [2.24, 2.45) is 7.05 Å². The van der Waals surface area contributed by atoms with Crippen LogP contribution in [0.3, 0.4) is 0 Å². The minimum atomic E-state index is -0.206. The highest BCUT2D eigenvalue weighted by atomic mass is 16.5. The molecule has 0 radical (unpaired) electrons. The first-order valence-corrected chi connectivity index (χ1v) is 7.77. The highest BCUT2D eigenvalue weighted by Crippen LogP contribution is 2.31. The minimum Gasteiger partial charge on any atom is -0.493 e. The molecule has 2 heterocycles. The summed E-state index contributed by atoms with van der Waals surface area (Å²) in [4.78, 5) is 19.9. The Morgan fingerprint density at radius 3 is 2.62 bits per heavy atom. The van der Waals surface area contributed by atoms with E-state index in [1.54, 1.807) is 38.1 Å². The number of fused-ring (bicyclic) bond motifs is 1. The van der Waals surface area contributed by atoms with Gasteiger partial charge >= 0.3 is 0 Å². The molecule has 3 rings (SSSR count). The summed E-state index contributed by atoms with van der Waals surface area (Å²) < 4.78 is 12.2. The van der Waals surface area contributed by atoms with Gasteiger partial charge in [0.15, 0.2) is 17.0 Å². The van der Waals surface area contributed by atoms with E-state index in [0.29, 0.717) is 28.4 Å². The average Bonchev–Trinajstić information content (AvgIpc) is 2.90. The molecule has 0 aliphatic rings. The van der Waals surface area contributed by atoms with Gasteiger partial charge in [-0.15, -0.1) is 0 Å². The van der Waals surface area contributed by atoms with Crippen LogP contribution in [-0.4, -0.2) is 34.0 Å². The lowest BCUT2D eigenvalue weighted by molar-refractivity contribution is 0.355. The fourth-order valence-electron chi connectivity index (χ4n) is 2.77. The molecule has 0 bridgehead atoms. The number of nitrogens with zero attached hydrogens (tertiary/aromatic N) is 3. The first kappa shape index (κ1) is 16.0. The van der Waals surface area contributed by atoms with Crippen LogP contribution in [0.1, 0.15) is 19.0 Å². The molecule has 24 heavy (non-hydrogen) atoms. The van der Waals surface area contributed by atoms with Gasteiger partial charge in [-0.1, -0.05) is 13.3 Å². The van der Waals surface area contributed by atoms with Crippen molar-refractivity contribution in [3.8, 4) is 22.9 Å². The molecule has 3 aromatic rings. The summed E-state index contributed by atoms with van der Waals surface area (Å²) in [6, 6.07) is 5.41. The van der Waals surface area contributed by atoms with E-state index in [0.717, 1.165) is 24.1 Å². The number of nitrogens with one attached hydrogen (secondary N) is 1. The summed E-state index contributed by atoms with van der Waals surface area (Å²) in [6.45, 7) is 2.07. The zero-order chi connectivity index (χ0) is 17.3. The molecule has 0 aliphatic heterocycles. The van der Waals surface area contributed by atoms with Gasteiger partial charge < -0.3 is 14.5 Å². The van der Waals surface area contributed by atoms with E-state index in [2.05, 4.69) is 22.0 Å². The lowest BCUT2D eigenvalue weighted by Gasteiger charge is -2.09. The largest absolute Gasteiger partial charge is 0.493 e. The second-order valence-electron chi connectivity index (χ2n) is 5.50. The van der Waals surface area contributed by atoms with Crippen LogP contribution in [0, 0.1) is 0 Å². The molecule has 0 fully saturated rings. The van der Waals surface area contributed by atoms with E-state index < -0.39 is 0 Å². The third-order valence-electron chi connectivity index (χ3n) is 3.91. The number of H-pyrrole nitrogens is 1. The number of hydrogen-bond acceptors (Lipinski definition) is 5. The van der Waals surface area contributed by atoms with Crippen LogP contribution in [0.15, 0.2) is 23.0 Å². The molecule has 7 nitrogen and oxygen atoms in total. The second kappa shape index (κ2) is 6.35. The standard InChI is InChI=1S/C17H20N4O3/c1-5-6-11-14-15(21(2)20-11)17(22)19-16(18-14)10-7-8-12(23-3)13(9-10)24-4/h7-9H,5-6H2,1-4H3,(H,18,19,22). The predicted octanol–water partition coefficient (Wildman–Crippen LogP) is 2.29. The number of methoxy groups -OCH3 is 2. The van der Waals surface area contributed by atoms with Crippen molar-refractivity contribution in [3.63, 3.8) is 0 Å². The first-order valence-electron chi connectivity index (χ1n) is 7.77. The Balaban J connectivity index is 2.20. The Morgan fingerprint density at radius 1 is 1.21 bits per heavy atom. The highest BCUT2D eigenvalue weighted by molar-refractivity contribution is 5.79. The lowest BCUT2D eigenvalue weighted by Crippen LogP contribution is -2.12. The minimum absolute atomic E-state index is 0.206. The van der Waals surface area contributed by atoms with Crippen LogP contribution >= 0.6 is 0 Å². The highest BCUT2D eigenvalue weighted by Gasteiger charge is 2.16. The van der Waals surface area contributed by atoms with Gasteiger partial charge in [-0.3, -0.25) is 9.48 Å². The van der Waals surface area contributed by atoms with Crippen LogP contribution in [0.2, 0.25) is 0 Å². The third-order valence-corrected chi connectivity index (χ3v) is 3.91. The Bertz CT molecular complexity index is 943. The summed E-state index contributed by atoms with van der Waals surface area (Å²) in [5.41, 5.74) is 2.51. The van der Waals surface area contributed by atoms with Crippen molar-refractivity contribution in [3.05, 3.63) is 34.2 Å².